The molecule has 2 aliphatic heterocycles. The maximum absolute atomic E-state index is 3.50. The van der Waals surface area contributed by atoms with Gasteiger partial charge in [0.05, 0.1) is 0 Å². The predicted molar refractivity (Wildman–Crippen MR) is 78.9 cm³/mol. The van der Waals surface area contributed by atoms with Gasteiger partial charge in [-0.1, -0.05) is 30.3 Å². The summed E-state index contributed by atoms with van der Waals surface area (Å²) in [6.07, 6.45) is 0. The largest absolute Gasteiger partial charge is 0.316 e. The molecular formula is C15H22N2S. The lowest BCUT2D eigenvalue weighted by Gasteiger charge is -2.16. The molecule has 0 radical (unpaired) electrons. The molecule has 3 rings (SSSR count). The minimum Gasteiger partial charge on any atom is -0.316 e. The fourth-order valence-electron chi connectivity index (χ4n) is 3.09. The van der Waals surface area contributed by atoms with E-state index >= 15 is 0 Å². The van der Waals surface area contributed by atoms with E-state index < -0.39 is 0 Å². The fourth-order valence-corrected chi connectivity index (χ4v) is 4.05. The number of rotatable bonds is 5. The molecule has 1 N–H and O–H groups in total. The summed E-state index contributed by atoms with van der Waals surface area (Å²) in [4.78, 5) is 2.66. The Hall–Kier alpha value is -0.510. The molecule has 0 saturated carbocycles. The molecule has 0 aliphatic carbocycles. The Balaban J connectivity index is 1.34. The van der Waals surface area contributed by atoms with Crippen LogP contribution in [0.1, 0.15) is 5.56 Å². The van der Waals surface area contributed by atoms with E-state index in [1.807, 2.05) is 0 Å². The van der Waals surface area contributed by atoms with Gasteiger partial charge in [-0.2, -0.15) is 11.8 Å². The zero-order valence-corrected chi connectivity index (χ0v) is 11.7. The zero-order valence-electron chi connectivity index (χ0n) is 10.8. The van der Waals surface area contributed by atoms with E-state index in [1.54, 1.807) is 0 Å². The maximum atomic E-state index is 3.50. The van der Waals surface area contributed by atoms with Crippen LogP contribution in [0, 0.1) is 11.8 Å². The molecule has 0 aromatic heterocycles. The predicted octanol–water partition coefficient (Wildman–Crippen LogP) is 2.07. The van der Waals surface area contributed by atoms with Crippen LogP contribution in [0.5, 0.6) is 0 Å². The van der Waals surface area contributed by atoms with Crippen LogP contribution >= 0.6 is 11.8 Å². The summed E-state index contributed by atoms with van der Waals surface area (Å²) in [6.45, 7) is 6.41. The molecule has 1 aromatic carbocycles. The minimum absolute atomic E-state index is 0.934. The molecule has 2 atom stereocenters. The number of thioether (sulfide) groups is 1. The zero-order chi connectivity index (χ0) is 12.2. The van der Waals surface area contributed by atoms with Crippen molar-refractivity contribution in [2.24, 2.45) is 11.8 Å². The van der Waals surface area contributed by atoms with Crippen LogP contribution in [0.3, 0.4) is 0 Å². The minimum atomic E-state index is 0.934. The van der Waals surface area contributed by atoms with Gasteiger partial charge in [-0.25, -0.2) is 0 Å². The molecule has 0 unspecified atom stereocenters. The highest BCUT2D eigenvalue weighted by molar-refractivity contribution is 7.98. The second kappa shape index (κ2) is 6.09. The average molecular weight is 262 g/mol. The second-order valence-electron chi connectivity index (χ2n) is 5.48. The lowest BCUT2D eigenvalue weighted by molar-refractivity contribution is 0.333. The third kappa shape index (κ3) is 3.08. The topological polar surface area (TPSA) is 15.3 Å². The van der Waals surface area contributed by atoms with Gasteiger partial charge in [0, 0.05) is 31.1 Å². The van der Waals surface area contributed by atoms with Gasteiger partial charge >= 0.3 is 0 Å². The average Bonchev–Trinajstić information content (AvgIpc) is 2.96. The molecule has 2 aliphatic rings. The molecule has 1 aromatic rings. The third-order valence-corrected chi connectivity index (χ3v) is 5.14. The van der Waals surface area contributed by atoms with Gasteiger partial charge in [0.2, 0.25) is 0 Å². The summed E-state index contributed by atoms with van der Waals surface area (Å²) in [5, 5.41) is 3.50. The normalized spacial score (nSPS) is 27.6. The van der Waals surface area contributed by atoms with Crippen molar-refractivity contribution >= 4 is 11.8 Å². The monoisotopic (exact) mass is 262 g/mol. The Morgan fingerprint density at radius 1 is 1.11 bits per heavy atom. The quantitative estimate of drug-likeness (QED) is 0.818. The fraction of sp³-hybridized carbons (Fsp3) is 0.600. The highest BCUT2D eigenvalue weighted by Gasteiger charge is 2.35. The van der Waals surface area contributed by atoms with Gasteiger partial charge in [-0.05, 0) is 30.5 Å². The van der Waals surface area contributed by atoms with E-state index in [0.29, 0.717) is 0 Å². The number of hydrogen-bond donors (Lipinski definition) is 1. The van der Waals surface area contributed by atoms with E-state index in [4.69, 9.17) is 0 Å². The van der Waals surface area contributed by atoms with Crippen molar-refractivity contribution in [2.75, 3.05) is 38.5 Å². The van der Waals surface area contributed by atoms with Gasteiger partial charge in [0.15, 0.2) is 0 Å². The van der Waals surface area contributed by atoms with Crippen LogP contribution in [0.25, 0.3) is 0 Å². The van der Waals surface area contributed by atoms with Gasteiger partial charge in [0.25, 0.3) is 0 Å². The number of benzene rings is 1. The molecule has 0 spiro atoms. The van der Waals surface area contributed by atoms with Gasteiger partial charge in [0.1, 0.15) is 0 Å². The van der Waals surface area contributed by atoms with Crippen molar-refractivity contribution in [3.63, 3.8) is 0 Å². The van der Waals surface area contributed by atoms with Crippen molar-refractivity contribution in [2.45, 2.75) is 5.75 Å². The summed E-state index contributed by atoms with van der Waals surface area (Å²) < 4.78 is 0. The van der Waals surface area contributed by atoms with E-state index in [2.05, 4.69) is 52.3 Å². The molecule has 2 fully saturated rings. The van der Waals surface area contributed by atoms with E-state index in [1.165, 1.54) is 44.0 Å². The molecular weight excluding hydrogens is 240 g/mol. The van der Waals surface area contributed by atoms with Crippen LogP contribution in [0.15, 0.2) is 30.3 Å². The smallest absolute Gasteiger partial charge is 0.0185 e. The summed E-state index contributed by atoms with van der Waals surface area (Å²) in [6, 6.07) is 10.8. The van der Waals surface area contributed by atoms with Crippen molar-refractivity contribution in [3.8, 4) is 0 Å². The van der Waals surface area contributed by atoms with Crippen LogP contribution < -0.4 is 5.32 Å². The molecule has 0 bridgehead atoms. The number of nitrogens with one attached hydrogen (secondary N) is 1. The molecule has 0 amide bonds. The van der Waals surface area contributed by atoms with E-state index in [0.717, 1.165) is 17.6 Å². The molecule has 18 heavy (non-hydrogen) atoms. The highest BCUT2D eigenvalue weighted by atomic mass is 32.2. The first kappa shape index (κ1) is 12.5. The molecule has 2 heterocycles. The van der Waals surface area contributed by atoms with Gasteiger partial charge in [-0.15, -0.1) is 0 Å². The summed E-state index contributed by atoms with van der Waals surface area (Å²) in [5.41, 5.74) is 1.45. The first-order valence-corrected chi connectivity index (χ1v) is 8.12. The van der Waals surface area contributed by atoms with E-state index in [-0.39, 0.29) is 0 Å². The number of nitrogens with zero attached hydrogens (tertiary/aromatic N) is 1. The van der Waals surface area contributed by atoms with Crippen molar-refractivity contribution in [1.82, 2.24) is 10.2 Å². The first-order valence-electron chi connectivity index (χ1n) is 6.96. The van der Waals surface area contributed by atoms with Crippen molar-refractivity contribution < 1.29 is 0 Å². The Morgan fingerprint density at radius 3 is 2.56 bits per heavy atom. The summed E-state index contributed by atoms with van der Waals surface area (Å²) in [7, 11) is 0. The second-order valence-corrected chi connectivity index (χ2v) is 6.58. The van der Waals surface area contributed by atoms with Crippen molar-refractivity contribution in [1.29, 1.82) is 0 Å². The SMILES string of the molecule is c1ccc(CSCCN2C[C@H]3CNC[C@H]3C2)cc1. The van der Waals surface area contributed by atoms with Gasteiger partial charge in [-0.3, -0.25) is 0 Å². The van der Waals surface area contributed by atoms with Crippen LogP contribution in [-0.4, -0.2) is 43.4 Å². The lowest BCUT2D eigenvalue weighted by Crippen LogP contribution is -2.27. The Bertz CT molecular complexity index is 356. The molecule has 2 nitrogen and oxygen atoms in total. The molecule has 2 saturated heterocycles. The Labute approximate surface area is 114 Å². The Morgan fingerprint density at radius 2 is 1.83 bits per heavy atom. The number of hydrogen-bond acceptors (Lipinski definition) is 3. The van der Waals surface area contributed by atoms with Crippen molar-refractivity contribution in [3.05, 3.63) is 35.9 Å². The number of fused-ring (bicyclic) bond motifs is 1. The summed E-state index contributed by atoms with van der Waals surface area (Å²) in [5.74, 6) is 4.29. The first-order chi connectivity index (χ1) is 8.92. The third-order valence-electron chi connectivity index (χ3n) is 4.13. The molecule has 3 heteroatoms. The standard InChI is InChI=1S/C15H22N2S/c1-2-4-13(5-3-1)12-18-7-6-17-10-14-8-16-9-15(14)11-17/h1-5,14-16H,6-12H2/t14-,15+. The van der Waals surface area contributed by atoms with Crippen LogP contribution in [0.2, 0.25) is 0 Å². The highest BCUT2D eigenvalue weighted by Crippen LogP contribution is 2.26. The van der Waals surface area contributed by atoms with Crippen LogP contribution in [0.4, 0.5) is 0 Å². The van der Waals surface area contributed by atoms with Gasteiger partial charge < -0.3 is 10.2 Å². The summed E-state index contributed by atoms with van der Waals surface area (Å²) >= 11 is 2.06. The maximum Gasteiger partial charge on any atom is 0.0185 e. The lowest BCUT2D eigenvalue weighted by atomic mass is 10.0. The van der Waals surface area contributed by atoms with Crippen LogP contribution in [-0.2, 0) is 5.75 Å². The molecule has 98 valence electrons. The Kier molecular flexibility index (Phi) is 4.24. The van der Waals surface area contributed by atoms with E-state index in [9.17, 15) is 0 Å². The number of likely N-dealkylation sites (tertiary alicyclic amines) is 1.